The van der Waals surface area contributed by atoms with Gasteiger partial charge in [0, 0.05) is 6.42 Å². The summed E-state index contributed by atoms with van der Waals surface area (Å²) in [6.07, 6.45) is -1.48. The molecule has 0 aliphatic carbocycles. The first kappa shape index (κ1) is 25.3. The maximum Gasteiger partial charge on any atom is 0.322 e. The molecule has 0 fully saturated rings. The van der Waals surface area contributed by atoms with Gasteiger partial charge in [-0.25, -0.2) is 0 Å². The van der Waals surface area contributed by atoms with Crippen LogP contribution >= 0.6 is 0 Å². The van der Waals surface area contributed by atoms with Gasteiger partial charge in [-0.05, 0) is 19.3 Å². The number of amides is 4. The zero-order valence-electron chi connectivity index (χ0n) is 16.1. The fraction of sp³-hybridized carbons (Fsp3) is 0.688. The topological polar surface area (TPSA) is 214 Å². The van der Waals surface area contributed by atoms with Crippen molar-refractivity contribution >= 4 is 29.6 Å². The summed E-state index contributed by atoms with van der Waals surface area (Å²) >= 11 is 0. The molecule has 0 saturated heterocycles. The lowest BCUT2D eigenvalue weighted by molar-refractivity contribution is -0.139. The minimum absolute atomic E-state index is 0.0402. The summed E-state index contributed by atoms with van der Waals surface area (Å²) < 4.78 is 0. The molecule has 0 aromatic carbocycles. The highest BCUT2D eigenvalue weighted by Crippen LogP contribution is 2.05. The van der Waals surface area contributed by atoms with Crippen molar-refractivity contribution in [2.45, 2.75) is 57.8 Å². The lowest BCUT2D eigenvalue weighted by atomic mass is 10.0. The molecule has 12 heteroatoms. The van der Waals surface area contributed by atoms with Crippen LogP contribution in [-0.2, 0) is 24.0 Å². The van der Waals surface area contributed by atoms with Crippen LogP contribution in [0.3, 0.4) is 0 Å². The Morgan fingerprint density at radius 2 is 1.46 bits per heavy atom. The first-order valence-corrected chi connectivity index (χ1v) is 8.69. The third-order valence-electron chi connectivity index (χ3n) is 3.76. The highest BCUT2D eigenvalue weighted by molar-refractivity contribution is 5.94. The fourth-order valence-electron chi connectivity index (χ4n) is 2.15. The average molecular weight is 403 g/mol. The van der Waals surface area contributed by atoms with Crippen LogP contribution < -0.4 is 27.4 Å². The van der Waals surface area contributed by atoms with Crippen LogP contribution in [0, 0.1) is 5.92 Å². The summed E-state index contributed by atoms with van der Waals surface area (Å²) in [5, 5.41) is 25.3. The summed E-state index contributed by atoms with van der Waals surface area (Å²) in [4.78, 5) is 58.0. The summed E-state index contributed by atoms with van der Waals surface area (Å²) in [6.45, 7) is 3.89. The van der Waals surface area contributed by atoms with Crippen molar-refractivity contribution in [2.24, 2.45) is 17.4 Å². The summed E-state index contributed by atoms with van der Waals surface area (Å²) in [5.74, 6) is -4.64. The van der Waals surface area contributed by atoms with Gasteiger partial charge < -0.3 is 37.6 Å². The second-order valence-electron chi connectivity index (χ2n) is 6.68. The predicted octanol–water partition coefficient (Wildman–Crippen LogP) is -3.21. The number of aliphatic hydroxyl groups is 1. The van der Waals surface area contributed by atoms with Crippen LogP contribution in [0.25, 0.3) is 0 Å². The van der Waals surface area contributed by atoms with Gasteiger partial charge >= 0.3 is 5.97 Å². The first-order chi connectivity index (χ1) is 12.9. The monoisotopic (exact) mass is 403 g/mol. The van der Waals surface area contributed by atoms with E-state index in [0.29, 0.717) is 0 Å². The highest BCUT2D eigenvalue weighted by atomic mass is 16.4. The molecule has 0 rings (SSSR count). The van der Waals surface area contributed by atoms with Gasteiger partial charge in [0.25, 0.3) is 0 Å². The number of hydrogen-bond acceptors (Lipinski definition) is 7. The summed E-state index contributed by atoms with van der Waals surface area (Å²) in [6, 6.07) is -3.63. The van der Waals surface area contributed by atoms with Crippen LogP contribution in [0.2, 0.25) is 0 Å². The maximum absolute atomic E-state index is 12.5. The van der Waals surface area contributed by atoms with Crippen LogP contribution in [0.4, 0.5) is 0 Å². The van der Waals surface area contributed by atoms with E-state index in [1.54, 1.807) is 13.8 Å². The Kier molecular flexibility index (Phi) is 10.7. The zero-order chi connectivity index (χ0) is 22.0. The van der Waals surface area contributed by atoms with Crippen molar-refractivity contribution in [3.8, 4) is 0 Å². The van der Waals surface area contributed by atoms with Crippen LogP contribution in [0.1, 0.15) is 33.6 Å². The number of nitrogens with two attached hydrogens (primary N) is 2. The van der Waals surface area contributed by atoms with Crippen molar-refractivity contribution in [3.63, 3.8) is 0 Å². The SMILES string of the molecule is CC(C)C(NC(=O)C(NC(=O)C(N)CCC(N)=O)C(C)O)C(=O)NCC(=O)O. The Morgan fingerprint density at radius 1 is 0.929 bits per heavy atom. The van der Waals surface area contributed by atoms with Gasteiger partial charge in [-0.1, -0.05) is 13.8 Å². The molecule has 0 saturated carbocycles. The summed E-state index contributed by atoms with van der Waals surface area (Å²) in [7, 11) is 0. The highest BCUT2D eigenvalue weighted by Gasteiger charge is 2.32. The largest absolute Gasteiger partial charge is 0.480 e. The van der Waals surface area contributed by atoms with Crippen molar-refractivity contribution in [2.75, 3.05) is 6.54 Å². The predicted molar refractivity (Wildman–Crippen MR) is 97.4 cm³/mol. The molecule has 4 unspecified atom stereocenters. The number of primary amides is 1. The molecular weight excluding hydrogens is 374 g/mol. The Labute approximate surface area is 162 Å². The minimum atomic E-state index is -1.42. The number of aliphatic carboxylic acids is 1. The molecule has 0 spiro atoms. The van der Waals surface area contributed by atoms with Crippen molar-refractivity contribution in [3.05, 3.63) is 0 Å². The Balaban J connectivity index is 5.06. The molecular formula is C16H29N5O7. The number of carboxylic acids is 1. The van der Waals surface area contributed by atoms with Gasteiger partial charge in [0.15, 0.2) is 0 Å². The lowest BCUT2D eigenvalue weighted by Gasteiger charge is -2.27. The van der Waals surface area contributed by atoms with Crippen LogP contribution in [-0.4, -0.2) is 70.6 Å². The second kappa shape index (κ2) is 11.9. The molecule has 0 aromatic rings. The normalized spacial score (nSPS) is 15.1. The number of nitrogens with one attached hydrogen (secondary N) is 3. The van der Waals surface area contributed by atoms with E-state index in [1.165, 1.54) is 6.92 Å². The quantitative estimate of drug-likeness (QED) is 0.175. The second-order valence-corrected chi connectivity index (χ2v) is 6.68. The van der Waals surface area contributed by atoms with E-state index in [2.05, 4.69) is 16.0 Å². The molecule has 4 amide bonds. The molecule has 0 aliphatic heterocycles. The first-order valence-electron chi connectivity index (χ1n) is 8.69. The third-order valence-corrected chi connectivity index (χ3v) is 3.76. The standard InChI is InChI=1S/C16H29N5O7/c1-7(2)12(15(27)19-6-11(24)25)20-16(28)13(8(3)22)21-14(26)9(17)4-5-10(18)23/h7-9,12-13,22H,4-6,17H2,1-3H3,(H2,18,23)(H,19,27)(H,20,28)(H,21,26)(H,24,25). The van der Waals surface area contributed by atoms with Gasteiger partial charge in [-0.3, -0.25) is 24.0 Å². The molecule has 0 aromatic heterocycles. The van der Waals surface area contributed by atoms with E-state index >= 15 is 0 Å². The summed E-state index contributed by atoms with van der Waals surface area (Å²) in [5.41, 5.74) is 10.6. The molecule has 0 aliphatic rings. The number of aliphatic hydroxyl groups excluding tert-OH is 1. The number of rotatable bonds is 12. The van der Waals surface area contributed by atoms with Gasteiger partial charge in [0.2, 0.25) is 23.6 Å². The van der Waals surface area contributed by atoms with Crippen molar-refractivity contribution in [1.29, 1.82) is 0 Å². The molecule has 9 N–H and O–H groups in total. The molecule has 160 valence electrons. The Hall–Kier alpha value is -2.73. The molecule has 0 heterocycles. The fourth-order valence-corrected chi connectivity index (χ4v) is 2.15. The number of carbonyl (C=O) groups excluding carboxylic acids is 4. The van der Waals surface area contributed by atoms with Crippen molar-refractivity contribution in [1.82, 2.24) is 16.0 Å². The van der Waals surface area contributed by atoms with E-state index in [4.69, 9.17) is 16.6 Å². The molecule has 0 radical (unpaired) electrons. The molecule has 28 heavy (non-hydrogen) atoms. The van der Waals surface area contributed by atoms with Gasteiger partial charge in [0.05, 0.1) is 12.1 Å². The number of carboxylic acid groups (broad SMARTS) is 1. The Bertz CT molecular complexity index is 594. The van der Waals surface area contributed by atoms with Gasteiger partial charge in [0.1, 0.15) is 18.6 Å². The van der Waals surface area contributed by atoms with E-state index in [-0.39, 0.29) is 12.8 Å². The Morgan fingerprint density at radius 3 is 1.89 bits per heavy atom. The maximum atomic E-state index is 12.5. The minimum Gasteiger partial charge on any atom is -0.480 e. The average Bonchev–Trinajstić information content (AvgIpc) is 2.58. The zero-order valence-corrected chi connectivity index (χ0v) is 16.1. The number of hydrogen-bond donors (Lipinski definition) is 7. The van der Waals surface area contributed by atoms with Crippen LogP contribution in [0.5, 0.6) is 0 Å². The number of carbonyl (C=O) groups is 5. The van der Waals surface area contributed by atoms with E-state index in [1.807, 2.05) is 0 Å². The van der Waals surface area contributed by atoms with Crippen LogP contribution in [0.15, 0.2) is 0 Å². The van der Waals surface area contributed by atoms with E-state index < -0.39 is 66.3 Å². The van der Waals surface area contributed by atoms with Gasteiger partial charge in [-0.15, -0.1) is 0 Å². The van der Waals surface area contributed by atoms with Crippen molar-refractivity contribution < 1.29 is 34.2 Å². The van der Waals surface area contributed by atoms with Gasteiger partial charge in [-0.2, -0.15) is 0 Å². The third kappa shape index (κ3) is 9.28. The lowest BCUT2D eigenvalue weighted by Crippen LogP contribution is -2.60. The molecule has 0 bridgehead atoms. The smallest absolute Gasteiger partial charge is 0.322 e. The van der Waals surface area contributed by atoms with E-state index in [0.717, 1.165) is 0 Å². The van der Waals surface area contributed by atoms with E-state index in [9.17, 15) is 29.1 Å². The molecule has 12 nitrogen and oxygen atoms in total. The molecule has 4 atom stereocenters.